The number of halogens is 1. The van der Waals surface area contributed by atoms with Crippen LogP contribution in [-0.4, -0.2) is 24.8 Å². The van der Waals surface area contributed by atoms with Crippen molar-refractivity contribution in [2.24, 2.45) is 0 Å². The Morgan fingerprint density at radius 1 is 1.20 bits per heavy atom. The summed E-state index contributed by atoms with van der Waals surface area (Å²) in [6, 6.07) is 3.22. The van der Waals surface area contributed by atoms with Crippen LogP contribution in [0.4, 0.5) is 11.4 Å². The average Bonchev–Trinajstić information content (AvgIpc) is 2.87. The molecule has 0 aliphatic rings. The first-order valence-electron chi connectivity index (χ1n) is 5.39. The summed E-state index contributed by atoms with van der Waals surface area (Å²) in [7, 11) is 0. The third kappa shape index (κ3) is 2.72. The number of non-ortho nitro benzene ring substituents is 2. The van der Waals surface area contributed by atoms with Crippen LogP contribution < -0.4 is 0 Å². The van der Waals surface area contributed by atoms with Crippen LogP contribution in [0, 0.1) is 20.2 Å². The van der Waals surface area contributed by atoms with E-state index in [2.05, 4.69) is 10.3 Å². The highest BCUT2D eigenvalue weighted by molar-refractivity contribution is 6.20. The Labute approximate surface area is 117 Å². The second kappa shape index (κ2) is 5.21. The number of nitro benzene ring substituents is 2. The Kier molecular flexibility index (Phi) is 3.61. The molecule has 2 aromatic rings. The van der Waals surface area contributed by atoms with Crippen molar-refractivity contribution in [3.05, 3.63) is 50.3 Å². The van der Waals surface area contributed by atoms with Crippen LogP contribution in [0.25, 0.3) is 5.69 Å². The predicted octanol–water partition coefficient (Wildman–Crippen LogP) is 2.38. The SMILES string of the molecule is CC(Cl)c1cn(-c2cc([N+](=O)[O-])cc([N+](=O)[O-])c2)nn1. The van der Waals surface area contributed by atoms with Crippen molar-refractivity contribution < 1.29 is 9.85 Å². The van der Waals surface area contributed by atoms with Gasteiger partial charge in [0.2, 0.25) is 0 Å². The number of nitro groups is 2. The largest absolute Gasteiger partial charge is 0.278 e. The van der Waals surface area contributed by atoms with Gasteiger partial charge < -0.3 is 0 Å². The molecule has 1 aromatic heterocycles. The summed E-state index contributed by atoms with van der Waals surface area (Å²) < 4.78 is 1.20. The fourth-order valence-corrected chi connectivity index (χ4v) is 1.61. The molecule has 0 spiro atoms. The molecule has 20 heavy (non-hydrogen) atoms. The van der Waals surface area contributed by atoms with Gasteiger partial charge in [0.05, 0.1) is 33.2 Å². The van der Waals surface area contributed by atoms with Gasteiger partial charge in [-0.25, -0.2) is 4.68 Å². The quantitative estimate of drug-likeness (QED) is 0.486. The zero-order valence-electron chi connectivity index (χ0n) is 10.1. The molecule has 1 heterocycles. The van der Waals surface area contributed by atoms with E-state index < -0.39 is 26.6 Å². The fraction of sp³-hybridized carbons (Fsp3) is 0.200. The minimum atomic E-state index is -0.710. The lowest BCUT2D eigenvalue weighted by atomic mass is 10.2. The lowest BCUT2D eigenvalue weighted by molar-refractivity contribution is -0.394. The molecule has 0 fully saturated rings. The molecule has 0 saturated carbocycles. The standard InChI is InChI=1S/C10H8ClN5O4/c1-6(11)10-5-14(13-12-10)7-2-8(15(17)18)4-9(3-7)16(19)20/h2-6H,1H3. The molecular formula is C10H8ClN5O4. The summed E-state index contributed by atoms with van der Waals surface area (Å²) in [5.74, 6) is 0. The maximum Gasteiger partial charge on any atom is 0.278 e. The third-order valence-electron chi connectivity index (χ3n) is 2.49. The first kappa shape index (κ1) is 13.9. The van der Waals surface area contributed by atoms with Gasteiger partial charge in [-0.2, -0.15) is 0 Å². The molecule has 0 N–H and O–H groups in total. The van der Waals surface area contributed by atoms with Crippen molar-refractivity contribution in [2.75, 3.05) is 0 Å². The molecule has 0 aliphatic heterocycles. The van der Waals surface area contributed by atoms with Gasteiger partial charge >= 0.3 is 0 Å². The number of hydrogen-bond donors (Lipinski definition) is 0. The highest BCUT2D eigenvalue weighted by Crippen LogP contribution is 2.25. The molecule has 1 aromatic carbocycles. The van der Waals surface area contributed by atoms with Crippen molar-refractivity contribution in [2.45, 2.75) is 12.3 Å². The van der Waals surface area contributed by atoms with Crippen molar-refractivity contribution in [1.82, 2.24) is 15.0 Å². The zero-order valence-corrected chi connectivity index (χ0v) is 10.9. The molecule has 0 bridgehead atoms. The van der Waals surface area contributed by atoms with E-state index in [1.54, 1.807) is 6.92 Å². The maximum absolute atomic E-state index is 10.8. The van der Waals surface area contributed by atoms with Crippen molar-refractivity contribution in [3.63, 3.8) is 0 Å². The molecule has 0 radical (unpaired) electrons. The first-order chi connectivity index (χ1) is 9.38. The topological polar surface area (TPSA) is 117 Å². The molecular weight excluding hydrogens is 290 g/mol. The summed E-state index contributed by atoms with van der Waals surface area (Å²) in [6.45, 7) is 1.69. The van der Waals surface area contributed by atoms with E-state index in [0.29, 0.717) is 5.69 Å². The highest BCUT2D eigenvalue weighted by atomic mass is 35.5. The molecule has 104 valence electrons. The number of hydrogen-bond acceptors (Lipinski definition) is 6. The van der Waals surface area contributed by atoms with E-state index in [4.69, 9.17) is 11.6 Å². The first-order valence-corrected chi connectivity index (χ1v) is 5.82. The second-order valence-corrected chi connectivity index (χ2v) is 4.58. The average molecular weight is 298 g/mol. The monoisotopic (exact) mass is 297 g/mol. The number of benzene rings is 1. The van der Waals surface area contributed by atoms with E-state index in [1.165, 1.54) is 23.0 Å². The number of aromatic nitrogens is 3. The van der Waals surface area contributed by atoms with Crippen molar-refractivity contribution in [3.8, 4) is 5.69 Å². The van der Waals surface area contributed by atoms with Gasteiger partial charge in [-0.1, -0.05) is 5.21 Å². The zero-order chi connectivity index (χ0) is 14.9. The van der Waals surface area contributed by atoms with Crippen LogP contribution in [0.2, 0.25) is 0 Å². The summed E-state index contributed by atoms with van der Waals surface area (Å²) in [6.07, 6.45) is 1.46. The van der Waals surface area contributed by atoms with Gasteiger partial charge in [-0.05, 0) is 6.92 Å². The van der Waals surface area contributed by atoms with Gasteiger partial charge in [0.1, 0.15) is 5.69 Å². The molecule has 0 aliphatic carbocycles. The highest BCUT2D eigenvalue weighted by Gasteiger charge is 2.18. The van der Waals surface area contributed by atoms with Gasteiger partial charge in [0.25, 0.3) is 11.4 Å². The molecule has 1 unspecified atom stereocenters. The minimum Gasteiger partial charge on any atom is -0.258 e. The van der Waals surface area contributed by atoms with Gasteiger partial charge in [-0.3, -0.25) is 20.2 Å². The predicted molar refractivity (Wildman–Crippen MR) is 68.9 cm³/mol. The van der Waals surface area contributed by atoms with E-state index in [-0.39, 0.29) is 5.69 Å². The Hall–Kier alpha value is -2.55. The third-order valence-corrected chi connectivity index (χ3v) is 2.72. The molecule has 10 heteroatoms. The van der Waals surface area contributed by atoms with E-state index in [1.807, 2.05) is 0 Å². The summed E-state index contributed by atoms with van der Waals surface area (Å²) in [4.78, 5) is 20.2. The Morgan fingerprint density at radius 3 is 2.15 bits per heavy atom. The van der Waals surface area contributed by atoms with E-state index in [9.17, 15) is 20.2 Å². The summed E-state index contributed by atoms with van der Waals surface area (Å²) >= 11 is 5.84. The van der Waals surface area contributed by atoms with Crippen LogP contribution >= 0.6 is 11.6 Å². The van der Waals surface area contributed by atoms with Crippen LogP contribution in [0.3, 0.4) is 0 Å². The van der Waals surface area contributed by atoms with Gasteiger partial charge in [0, 0.05) is 12.1 Å². The lowest BCUT2D eigenvalue weighted by Gasteiger charge is -2.00. The van der Waals surface area contributed by atoms with Crippen molar-refractivity contribution >= 4 is 23.0 Å². The fourth-order valence-electron chi connectivity index (χ4n) is 1.51. The number of rotatable bonds is 4. The molecule has 0 saturated heterocycles. The van der Waals surface area contributed by atoms with E-state index in [0.717, 1.165) is 6.07 Å². The van der Waals surface area contributed by atoms with Crippen LogP contribution in [0.5, 0.6) is 0 Å². The summed E-state index contributed by atoms with van der Waals surface area (Å²) in [5, 5.41) is 28.7. The second-order valence-electron chi connectivity index (χ2n) is 3.93. The van der Waals surface area contributed by atoms with Crippen LogP contribution in [0.15, 0.2) is 24.4 Å². The number of alkyl halides is 1. The Balaban J connectivity index is 2.54. The molecule has 1 atom stereocenters. The normalized spacial score (nSPS) is 12.1. The Morgan fingerprint density at radius 2 is 1.75 bits per heavy atom. The molecule has 0 amide bonds. The maximum atomic E-state index is 10.8. The number of nitrogens with zero attached hydrogens (tertiary/aromatic N) is 5. The summed E-state index contributed by atoms with van der Waals surface area (Å²) in [5.41, 5.74) is -0.168. The molecule has 2 rings (SSSR count). The molecule has 9 nitrogen and oxygen atoms in total. The van der Waals surface area contributed by atoms with Crippen LogP contribution in [-0.2, 0) is 0 Å². The lowest BCUT2D eigenvalue weighted by Crippen LogP contribution is -1.99. The van der Waals surface area contributed by atoms with Crippen LogP contribution in [0.1, 0.15) is 18.0 Å². The van der Waals surface area contributed by atoms with Gasteiger partial charge in [-0.15, -0.1) is 16.7 Å². The van der Waals surface area contributed by atoms with Crippen molar-refractivity contribution in [1.29, 1.82) is 0 Å². The van der Waals surface area contributed by atoms with E-state index >= 15 is 0 Å². The minimum absolute atomic E-state index is 0.168. The Bertz CT molecular complexity index is 652. The van der Waals surface area contributed by atoms with Gasteiger partial charge in [0.15, 0.2) is 0 Å². The smallest absolute Gasteiger partial charge is 0.258 e.